The first kappa shape index (κ1) is 8.30. The number of hydrogen-bond donors (Lipinski definition) is 0. The van der Waals surface area contributed by atoms with Crippen molar-refractivity contribution in [2.75, 3.05) is 0 Å². The predicted octanol–water partition coefficient (Wildman–Crippen LogP) is 2.20. The number of esters is 1. The van der Waals surface area contributed by atoms with Crippen molar-refractivity contribution in [3.05, 3.63) is 36.1 Å². The third-order valence-corrected chi connectivity index (χ3v) is 2.65. The molecule has 0 amide bonds. The number of carbonyl (C=O) groups excluding carboxylic acids is 1. The number of carbonyl (C=O) groups is 1. The summed E-state index contributed by atoms with van der Waals surface area (Å²) >= 11 is 0. The quantitative estimate of drug-likeness (QED) is 0.348. The van der Waals surface area contributed by atoms with Gasteiger partial charge in [-0.3, -0.25) is 4.79 Å². The van der Waals surface area contributed by atoms with Crippen molar-refractivity contribution in [2.24, 2.45) is 11.8 Å². The van der Waals surface area contributed by atoms with Crippen LogP contribution in [0.25, 0.3) is 0 Å². The normalized spacial score (nSPS) is 33.0. The second kappa shape index (κ2) is 2.87. The predicted molar refractivity (Wildman–Crippen MR) is 49.7 cm³/mol. The number of fused-ring (bicyclic) bond motifs is 2. The molecule has 1 fully saturated rings. The van der Waals surface area contributed by atoms with E-state index in [4.69, 9.17) is 4.74 Å². The minimum atomic E-state index is -0.271. The second-order valence-corrected chi connectivity index (χ2v) is 3.54. The Morgan fingerprint density at radius 1 is 1.62 bits per heavy atom. The smallest absolute Gasteiger partial charge is 0.307 e. The molecule has 0 aromatic rings. The van der Waals surface area contributed by atoms with Crippen molar-refractivity contribution in [3.63, 3.8) is 0 Å². The van der Waals surface area contributed by atoms with Crippen LogP contribution in [0.5, 0.6) is 0 Å². The highest BCUT2D eigenvalue weighted by Crippen LogP contribution is 2.46. The molecule has 1 saturated carbocycles. The van der Waals surface area contributed by atoms with Gasteiger partial charge in [0.1, 0.15) is 0 Å². The minimum Gasteiger partial charge on any atom is -0.434 e. The van der Waals surface area contributed by atoms with Crippen molar-refractivity contribution < 1.29 is 9.53 Å². The van der Waals surface area contributed by atoms with Crippen molar-refractivity contribution >= 4 is 5.97 Å². The van der Waals surface area contributed by atoms with Crippen LogP contribution in [0, 0.1) is 11.8 Å². The Hall–Kier alpha value is -1.31. The third-order valence-electron chi connectivity index (χ3n) is 2.65. The maximum Gasteiger partial charge on any atom is 0.307 e. The second-order valence-electron chi connectivity index (χ2n) is 3.54. The molecule has 0 heterocycles. The van der Waals surface area contributed by atoms with Crippen LogP contribution in [0.1, 0.15) is 13.3 Å². The lowest BCUT2D eigenvalue weighted by atomic mass is 9.98. The van der Waals surface area contributed by atoms with Gasteiger partial charge in [0.25, 0.3) is 0 Å². The molecule has 0 spiro atoms. The van der Waals surface area contributed by atoms with E-state index in [1.165, 1.54) is 6.92 Å². The van der Waals surface area contributed by atoms with Gasteiger partial charge in [-0.15, -0.1) is 0 Å². The van der Waals surface area contributed by atoms with Crippen LogP contribution in [0.4, 0.5) is 0 Å². The molecular weight excluding hydrogens is 164 g/mol. The topological polar surface area (TPSA) is 26.3 Å². The highest BCUT2D eigenvalue weighted by atomic mass is 16.5. The zero-order valence-electron chi connectivity index (χ0n) is 7.62. The largest absolute Gasteiger partial charge is 0.434 e. The fourth-order valence-corrected chi connectivity index (χ4v) is 1.95. The molecule has 2 aliphatic rings. The lowest BCUT2D eigenvalue weighted by Crippen LogP contribution is -1.99. The van der Waals surface area contributed by atoms with E-state index in [9.17, 15) is 4.79 Å². The van der Waals surface area contributed by atoms with Crippen molar-refractivity contribution in [3.8, 4) is 0 Å². The van der Waals surface area contributed by atoms with Gasteiger partial charge in [-0.1, -0.05) is 18.7 Å². The Balaban J connectivity index is 2.17. The Bertz CT molecular complexity index is 323. The Kier molecular flexibility index (Phi) is 1.83. The first-order valence-electron chi connectivity index (χ1n) is 4.43. The fourth-order valence-electron chi connectivity index (χ4n) is 1.95. The monoisotopic (exact) mass is 176 g/mol. The van der Waals surface area contributed by atoms with Crippen LogP contribution in [-0.4, -0.2) is 5.97 Å². The molecule has 68 valence electrons. The van der Waals surface area contributed by atoms with E-state index < -0.39 is 0 Å². The first-order chi connectivity index (χ1) is 6.18. The van der Waals surface area contributed by atoms with E-state index in [1.807, 2.05) is 0 Å². The summed E-state index contributed by atoms with van der Waals surface area (Å²) in [7, 11) is 0. The molecule has 2 bridgehead atoms. The van der Waals surface area contributed by atoms with Crippen LogP contribution >= 0.6 is 0 Å². The van der Waals surface area contributed by atoms with Crippen molar-refractivity contribution in [1.82, 2.24) is 0 Å². The van der Waals surface area contributed by atoms with Gasteiger partial charge in [-0.05, 0) is 17.6 Å². The molecule has 2 unspecified atom stereocenters. The SMILES string of the molecule is C=C1/C(=C/OC(C)=O)C2C=CC1C2. The molecule has 0 aliphatic heterocycles. The average Bonchev–Trinajstić information content (AvgIpc) is 2.61. The zero-order chi connectivity index (χ0) is 9.42. The van der Waals surface area contributed by atoms with Gasteiger partial charge in [-0.2, -0.15) is 0 Å². The Morgan fingerprint density at radius 2 is 2.31 bits per heavy atom. The van der Waals surface area contributed by atoms with Crippen LogP contribution in [-0.2, 0) is 9.53 Å². The van der Waals surface area contributed by atoms with Gasteiger partial charge in [-0.25, -0.2) is 0 Å². The lowest BCUT2D eigenvalue weighted by molar-refractivity contribution is -0.135. The molecule has 2 nitrogen and oxygen atoms in total. The molecule has 0 aromatic heterocycles. The van der Waals surface area contributed by atoms with Crippen LogP contribution < -0.4 is 0 Å². The molecule has 2 heteroatoms. The number of hydrogen-bond acceptors (Lipinski definition) is 2. The average molecular weight is 176 g/mol. The lowest BCUT2D eigenvalue weighted by Gasteiger charge is -2.10. The molecule has 0 radical (unpaired) electrons. The van der Waals surface area contributed by atoms with Crippen molar-refractivity contribution in [2.45, 2.75) is 13.3 Å². The molecular formula is C11H12O2. The van der Waals surface area contributed by atoms with Gasteiger partial charge < -0.3 is 4.74 Å². The summed E-state index contributed by atoms with van der Waals surface area (Å²) in [5.41, 5.74) is 2.19. The van der Waals surface area contributed by atoms with Gasteiger partial charge in [0.15, 0.2) is 0 Å². The summed E-state index contributed by atoms with van der Waals surface area (Å²) in [6.07, 6.45) is 7.00. The maximum atomic E-state index is 10.6. The number of rotatable bonds is 1. The van der Waals surface area contributed by atoms with Gasteiger partial charge in [0, 0.05) is 18.8 Å². The highest BCUT2D eigenvalue weighted by molar-refractivity contribution is 5.67. The van der Waals surface area contributed by atoms with Crippen molar-refractivity contribution in [1.29, 1.82) is 0 Å². The van der Waals surface area contributed by atoms with Gasteiger partial charge in [0.05, 0.1) is 6.26 Å². The van der Waals surface area contributed by atoms with Gasteiger partial charge in [0.2, 0.25) is 0 Å². The standard InChI is InChI=1S/C11H12O2/c1-7-9-3-4-10(5-9)11(7)6-13-8(2)12/h3-4,6,9-10H,1,5H2,2H3/b11-6-. The Labute approximate surface area is 77.6 Å². The number of allylic oxidation sites excluding steroid dienone is 4. The van der Waals surface area contributed by atoms with E-state index in [2.05, 4.69) is 18.7 Å². The molecule has 0 N–H and O–H groups in total. The van der Waals surface area contributed by atoms with Gasteiger partial charge >= 0.3 is 5.97 Å². The van der Waals surface area contributed by atoms with Crippen LogP contribution in [0.3, 0.4) is 0 Å². The zero-order valence-corrected chi connectivity index (χ0v) is 7.62. The fraction of sp³-hybridized carbons (Fsp3) is 0.364. The summed E-state index contributed by atoms with van der Waals surface area (Å²) < 4.78 is 4.85. The molecule has 2 aliphatic carbocycles. The summed E-state index contributed by atoms with van der Waals surface area (Å²) in [6.45, 7) is 5.39. The summed E-state index contributed by atoms with van der Waals surface area (Å²) in [5, 5.41) is 0. The molecule has 13 heavy (non-hydrogen) atoms. The molecule has 2 rings (SSSR count). The molecule has 2 atom stereocenters. The van der Waals surface area contributed by atoms with E-state index in [-0.39, 0.29) is 5.97 Å². The van der Waals surface area contributed by atoms with Crippen LogP contribution in [0.15, 0.2) is 36.1 Å². The van der Waals surface area contributed by atoms with E-state index >= 15 is 0 Å². The summed E-state index contributed by atoms with van der Waals surface area (Å²) in [5.74, 6) is 0.635. The van der Waals surface area contributed by atoms with E-state index in [0.717, 1.165) is 17.6 Å². The summed E-state index contributed by atoms with van der Waals surface area (Å²) in [4.78, 5) is 10.6. The van der Waals surface area contributed by atoms with Crippen LogP contribution in [0.2, 0.25) is 0 Å². The molecule has 0 aromatic carbocycles. The van der Waals surface area contributed by atoms with E-state index in [1.54, 1.807) is 6.26 Å². The third kappa shape index (κ3) is 1.32. The number of ether oxygens (including phenoxy) is 1. The Morgan fingerprint density at radius 3 is 2.85 bits per heavy atom. The highest BCUT2D eigenvalue weighted by Gasteiger charge is 2.34. The summed E-state index contributed by atoms with van der Waals surface area (Å²) in [6, 6.07) is 0. The first-order valence-corrected chi connectivity index (χ1v) is 4.43. The molecule has 0 saturated heterocycles. The minimum absolute atomic E-state index is 0.271. The van der Waals surface area contributed by atoms with E-state index in [0.29, 0.717) is 11.8 Å². The maximum absolute atomic E-state index is 10.6.